The zero-order chi connectivity index (χ0) is 10.6. The standard InChI is InChI=1S/C12H24N2/c1-9(2)4-7-12(14-13)11-6-5-10(3)8-11/h10-12,14H,1,4-8,13H2,2-3H3. The third kappa shape index (κ3) is 3.43. The first-order chi connectivity index (χ1) is 6.63. The van der Waals surface area contributed by atoms with E-state index < -0.39 is 0 Å². The Labute approximate surface area is 87.9 Å². The molecule has 0 aromatic carbocycles. The Hall–Kier alpha value is -0.340. The molecular weight excluding hydrogens is 172 g/mol. The summed E-state index contributed by atoms with van der Waals surface area (Å²) in [4.78, 5) is 0. The second kappa shape index (κ2) is 5.52. The average Bonchev–Trinajstić information content (AvgIpc) is 2.53. The zero-order valence-corrected chi connectivity index (χ0v) is 9.55. The Bertz CT molecular complexity index is 189. The molecule has 1 fully saturated rings. The van der Waals surface area contributed by atoms with Crippen LogP contribution < -0.4 is 11.3 Å². The zero-order valence-electron chi connectivity index (χ0n) is 9.55. The molecule has 3 atom stereocenters. The molecule has 1 aliphatic carbocycles. The van der Waals surface area contributed by atoms with E-state index in [1.807, 2.05) is 0 Å². The minimum Gasteiger partial charge on any atom is -0.271 e. The van der Waals surface area contributed by atoms with Gasteiger partial charge in [0.2, 0.25) is 0 Å². The van der Waals surface area contributed by atoms with Gasteiger partial charge in [0.05, 0.1) is 0 Å². The predicted molar refractivity (Wildman–Crippen MR) is 61.7 cm³/mol. The first kappa shape index (κ1) is 11.7. The van der Waals surface area contributed by atoms with Gasteiger partial charge in [-0.3, -0.25) is 11.3 Å². The van der Waals surface area contributed by atoms with Crippen LogP contribution in [0.25, 0.3) is 0 Å². The van der Waals surface area contributed by atoms with Crippen LogP contribution in [0.5, 0.6) is 0 Å². The van der Waals surface area contributed by atoms with E-state index >= 15 is 0 Å². The molecule has 82 valence electrons. The van der Waals surface area contributed by atoms with Crippen LogP contribution in [0.1, 0.15) is 46.0 Å². The number of hydrogen-bond donors (Lipinski definition) is 2. The van der Waals surface area contributed by atoms with Crippen LogP contribution in [0.3, 0.4) is 0 Å². The summed E-state index contributed by atoms with van der Waals surface area (Å²) in [7, 11) is 0. The molecule has 0 amide bonds. The van der Waals surface area contributed by atoms with Crippen molar-refractivity contribution in [1.82, 2.24) is 5.43 Å². The monoisotopic (exact) mass is 196 g/mol. The molecular formula is C12H24N2. The molecule has 0 saturated heterocycles. The lowest BCUT2D eigenvalue weighted by Crippen LogP contribution is -2.40. The Kier molecular flexibility index (Phi) is 4.63. The van der Waals surface area contributed by atoms with Crippen LogP contribution in [0.15, 0.2) is 12.2 Å². The normalized spacial score (nSPS) is 29.1. The molecule has 1 saturated carbocycles. The summed E-state index contributed by atoms with van der Waals surface area (Å²) < 4.78 is 0. The summed E-state index contributed by atoms with van der Waals surface area (Å²) in [5.74, 6) is 7.28. The fourth-order valence-corrected chi connectivity index (χ4v) is 2.47. The van der Waals surface area contributed by atoms with Crippen LogP contribution in [0.4, 0.5) is 0 Å². The quantitative estimate of drug-likeness (QED) is 0.403. The number of rotatable bonds is 5. The first-order valence-electron chi connectivity index (χ1n) is 5.74. The lowest BCUT2D eigenvalue weighted by Gasteiger charge is -2.22. The van der Waals surface area contributed by atoms with Gasteiger partial charge in [-0.15, -0.1) is 6.58 Å². The van der Waals surface area contributed by atoms with Gasteiger partial charge in [0, 0.05) is 6.04 Å². The van der Waals surface area contributed by atoms with Crippen LogP contribution in [-0.2, 0) is 0 Å². The fourth-order valence-electron chi connectivity index (χ4n) is 2.47. The number of hydrogen-bond acceptors (Lipinski definition) is 2. The number of nitrogens with two attached hydrogens (primary N) is 1. The van der Waals surface area contributed by atoms with Gasteiger partial charge in [-0.25, -0.2) is 0 Å². The SMILES string of the molecule is C=C(C)CCC(NN)C1CCC(C)C1. The Morgan fingerprint density at radius 2 is 2.29 bits per heavy atom. The van der Waals surface area contributed by atoms with E-state index in [2.05, 4.69) is 25.9 Å². The van der Waals surface area contributed by atoms with E-state index in [-0.39, 0.29) is 0 Å². The highest BCUT2D eigenvalue weighted by Crippen LogP contribution is 2.33. The lowest BCUT2D eigenvalue weighted by atomic mass is 9.93. The molecule has 3 unspecified atom stereocenters. The first-order valence-corrected chi connectivity index (χ1v) is 5.74. The van der Waals surface area contributed by atoms with Gasteiger partial charge < -0.3 is 0 Å². The van der Waals surface area contributed by atoms with Gasteiger partial charge in [0.25, 0.3) is 0 Å². The molecule has 2 nitrogen and oxygen atoms in total. The van der Waals surface area contributed by atoms with Crippen molar-refractivity contribution in [2.24, 2.45) is 17.7 Å². The van der Waals surface area contributed by atoms with Crippen LogP contribution >= 0.6 is 0 Å². The minimum absolute atomic E-state index is 0.497. The molecule has 0 heterocycles. The summed E-state index contributed by atoms with van der Waals surface area (Å²) in [5, 5.41) is 0. The third-order valence-corrected chi connectivity index (χ3v) is 3.40. The highest BCUT2D eigenvalue weighted by Gasteiger charge is 2.27. The van der Waals surface area contributed by atoms with Crippen molar-refractivity contribution < 1.29 is 0 Å². The van der Waals surface area contributed by atoms with E-state index in [4.69, 9.17) is 5.84 Å². The molecule has 3 N–H and O–H groups in total. The topological polar surface area (TPSA) is 38.0 Å². The van der Waals surface area contributed by atoms with E-state index in [9.17, 15) is 0 Å². The van der Waals surface area contributed by atoms with E-state index in [0.29, 0.717) is 6.04 Å². The Morgan fingerprint density at radius 3 is 2.71 bits per heavy atom. The molecule has 0 bridgehead atoms. The van der Waals surface area contributed by atoms with Gasteiger partial charge >= 0.3 is 0 Å². The lowest BCUT2D eigenvalue weighted by molar-refractivity contribution is 0.337. The maximum absolute atomic E-state index is 5.60. The third-order valence-electron chi connectivity index (χ3n) is 3.40. The molecule has 0 radical (unpaired) electrons. The Balaban J connectivity index is 2.34. The summed E-state index contributed by atoms with van der Waals surface area (Å²) >= 11 is 0. The van der Waals surface area contributed by atoms with Gasteiger partial charge in [-0.05, 0) is 44.4 Å². The predicted octanol–water partition coefficient (Wildman–Crippen LogP) is 2.61. The molecule has 1 rings (SSSR count). The maximum atomic E-state index is 5.60. The second-order valence-electron chi connectivity index (χ2n) is 4.95. The molecule has 1 aliphatic rings. The average molecular weight is 196 g/mol. The van der Waals surface area contributed by atoms with Gasteiger partial charge in [0.15, 0.2) is 0 Å². The summed E-state index contributed by atoms with van der Waals surface area (Å²) in [6.45, 7) is 8.36. The van der Waals surface area contributed by atoms with E-state index in [1.165, 1.54) is 24.8 Å². The van der Waals surface area contributed by atoms with Crippen LogP contribution in [0, 0.1) is 11.8 Å². The molecule has 0 aromatic rings. The van der Waals surface area contributed by atoms with Gasteiger partial charge in [-0.1, -0.05) is 18.9 Å². The number of allylic oxidation sites excluding steroid dienone is 1. The molecule has 2 heteroatoms. The summed E-state index contributed by atoms with van der Waals surface area (Å²) in [6.07, 6.45) is 6.29. The largest absolute Gasteiger partial charge is 0.271 e. The highest BCUT2D eigenvalue weighted by atomic mass is 15.2. The highest BCUT2D eigenvalue weighted by molar-refractivity contribution is 4.91. The van der Waals surface area contributed by atoms with Crippen LogP contribution in [0.2, 0.25) is 0 Å². The molecule has 0 aliphatic heterocycles. The van der Waals surface area contributed by atoms with Gasteiger partial charge in [0.1, 0.15) is 0 Å². The van der Waals surface area contributed by atoms with E-state index in [0.717, 1.165) is 24.7 Å². The fraction of sp³-hybridized carbons (Fsp3) is 0.833. The van der Waals surface area contributed by atoms with Crippen molar-refractivity contribution >= 4 is 0 Å². The second-order valence-corrected chi connectivity index (χ2v) is 4.95. The number of hydrazine groups is 1. The number of nitrogens with one attached hydrogen (secondary N) is 1. The molecule has 0 spiro atoms. The maximum Gasteiger partial charge on any atom is 0.0241 e. The van der Waals surface area contributed by atoms with Gasteiger partial charge in [-0.2, -0.15) is 0 Å². The van der Waals surface area contributed by atoms with Crippen molar-refractivity contribution in [3.8, 4) is 0 Å². The summed E-state index contributed by atoms with van der Waals surface area (Å²) in [6, 6.07) is 0.497. The summed E-state index contributed by atoms with van der Waals surface area (Å²) in [5.41, 5.74) is 4.24. The molecule has 14 heavy (non-hydrogen) atoms. The van der Waals surface area contributed by atoms with Crippen molar-refractivity contribution in [2.75, 3.05) is 0 Å². The smallest absolute Gasteiger partial charge is 0.0241 e. The molecule has 0 aromatic heterocycles. The van der Waals surface area contributed by atoms with Crippen molar-refractivity contribution in [3.63, 3.8) is 0 Å². The van der Waals surface area contributed by atoms with Crippen molar-refractivity contribution in [2.45, 2.75) is 52.0 Å². The van der Waals surface area contributed by atoms with Crippen molar-refractivity contribution in [3.05, 3.63) is 12.2 Å². The minimum atomic E-state index is 0.497. The van der Waals surface area contributed by atoms with Crippen molar-refractivity contribution in [1.29, 1.82) is 0 Å². The Morgan fingerprint density at radius 1 is 1.57 bits per heavy atom. The van der Waals surface area contributed by atoms with E-state index in [1.54, 1.807) is 0 Å². The van der Waals surface area contributed by atoms with Crippen LogP contribution in [-0.4, -0.2) is 6.04 Å².